The van der Waals surface area contributed by atoms with E-state index in [1.54, 1.807) is 0 Å². The van der Waals surface area contributed by atoms with Crippen molar-refractivity contribution in [1.29, 1.82) is 0 Å². The molecule has 0 radical (unpaired) electrons. The van der Waals surface area contributed by atoms with Gasteiger partial charge in [-0.3, -0.25) is 4.79 Å². The molecule has 138 valence electrons. The third kappa shape index (κ3) is 5.43. The molecule has 3 saturated heterocycles. The van der Waals surface area contributed by atoms with Gasteiger partial charge in [-0.1, -0.05) is 0 Å². The van der Waals surface area contributed by atoms with Crippen LogP contribution in [0.1, 0.15) is 38.5 Å². The number of piperidine rings is 1. The van der Waals surface area contributed by atoms with Crippen LogP contribution in [0.25, 0.3) is 0 Å². The number of amides is 1. The molecule has 5 heteroatoms. The molecule has 3 aliphatic rings. The molecule has 3 rings (SSSR count). The first-order chi connectivity index (χ1) is 11.7. The van der Waals surface area contributed by atoms with E-state index in [0.29, 0.717) is 11.8 Å². The molecule has 1 amide bonds. The predicted octanol–water partition coefficient (Wildman–Crippen LogP) is 1.35. The molecule has 3 heterocycles. The highest BCUT2D eigenvalue weighted by Crippen LogP contribution is 2.19. The summed E-state index contributed by atoms with van der Waals surface area (Å²) in [6, 6.07) is 0. The van der Waals surface area contributed by atoms with E-state index in [0.717, 1.165) is 32.5 Å². The fourth-order valence-electron chi connectivity index (χ4n) is 4.45. The number of likely N-dealkylation sites (tertiary alicyclic amines) is 2. The van der Waals surface area contributed by atoms with Gasteiger partial charge in [0.1, 0.15) is 0 Å². The molecule has 3 aliphatic heterocycles. The van der Waals surface area contributed by atoms with Crippen LogP contribution in [0.3, 0.4) is 0 Å². The van der Waals surface area contributed by atoms with Crippen LogP contribution in [0, 0.1) is 5.92 Å². The molecule has 1 atom stereocenters. The predicted molar refractivity (Wildman–Crippen MR) is 98.1 cm³/mol. The third-order valence-corrected chi connectivity index (χ3v) is 6.05. The highest BCUT2D eigenvalue weighted by molar-refractivity contribution is 5.76. The molecule has 0 aromatic carbocycles. The second kappa shape index (κ2) is 9.16. The molecule has 0 bridgehead atoms. The Labute approximate surface area is 147 Å². The molecular formula is C19H36N4O. The molecular weight excluding hydrogens is 300 g/mol. The maximum Gasteiger partial charge on any atom is 0.222 e. The van der Waals surface area contributed by atoms with E-state index in [-0.39, 0.29) is 0 Å². The number of rotatable bonds is 6. The standard InChI is InChI=1S/C19H36N4O/c1-20-12-14-22(15-13-20)16-18-6-4-11-23(17-18)19(24)7-5-10-21-8-2-3-9-21/h18H,2-17H2,1H3. The zero-order chi connectivity index (χ0) is 16.8. The van der Waals surface area contributed by atoms with E-state index in [4.69, 9.17) is 0 Å². The van der Waals surface area contributed by atoms with Crippen molar-refractivity contribution in [1.82, 2.24) is 19.6 Å². The summed E-state index contributed by atoms with van der Waals surface area (Å²) in [5, 5.41) is 0. The highest BCUT2D eigenvalue weighted by Gasteiger charge is 2.26. The number of nitrogens with zero attached hydrogens (tertiary/aromatic N) is 4. The minimum atomic E-state index is 0.400. The molecule has 1 unspecified atom stereocenters. The van der Waals surface area contributed by atoms with Crippen LogP contribution in [-0.4, -0.2) is 98.0 Å². The molecule has 0 spiro atoms. The van der Waals surface area contributed by atoms with Gasteiger partial charge in [0.15, 0.2) is 0 Å². The first-order valence-corrected chi connectivity index (χ1v) is 10.1. The normalized spacial score (nSPS) is 27.7. The summed E-state index contributed by atoms with van der Waals surface area (Å²) in [5.74, 6) is 1.09. The minimum Gasteiger partial charge on any atom is -0.342 e. The molecule has 0 aliphatic carbocycles. The second-order valence-electron chi connectivity index (χ2n) is 8.10. The van der Waals surface area contributed by atoms with Crippen LogP contribution >= 0.6 is 0 Å². The largest absolute Gasteiger partial charge is 0.342 e. The Morgan fingerprint density at radius 2 is 1.67 bits per heavy atom. The Kier molecular flexibility index (Phi) is 6.93. The van der Waals surface area contributed by atoms with E-state index >= 15 is 0 Å². The van der Waals surface area contributed by atoms with Gasteiger partial charge >= 0.3 is 0 Å². The smallest absolute Gasteiger partial charge is 0.222 e. The van der Waals surface area contributed by atoms with Crippen LogP contribution in [0.4, 0.5) is 0 Å². The van der Waals surface area contributed by atoms with E-state index in [1.807, 2.05) is 0 Å². The quantitative estimate of drug-likeness (QED) is 0.732. The second-order valence-corrected chi connectivity index (χ2v) is 8.10. The van der Waals surface area contributed by atoms with Crippen molar-refractivity contribution in [2.75, 3.05) is 72.5 Å². The number of carbonyl (C=O) groups is 1. The highest BCUT2D eigenvalue weighted by atomic mass is 16.2. The van der Waals surface area contributed by atoms with Gasteiger partial charge in [-0.2, -0.15) is 0 Å². The Bertz CT molecular complexity index is 389. The fourth-order valence-corrected chi connectivity index (χ4v) is 4.45. The lowest BCUT2D eigenvalue weighted by Gasteiger charge is -2.38. The van der Waals surface area contributed by atoms with Crippen molar-refractivity contribution in [3.63, 3.8) is 0 Å². The van der Waals surface area contributed by atoms with Crippen LogP contribution in [0.5, 0.6) is 0 Å². The van der Waals surface area contributed by atoms with Gasteiger partial charge in [-0.15, -0.1) is 0 Å². The number of piperazine rings is 1. The maximum atomic E-state index is 12.5. The fraction of sp³-hybridized carbons (Fsp3) is 0.947. The average molecular weight is 337 g/mol. The zero-order valence-electron chi connectivity index (χ0n) is 15.6. The average Bonchev–Trinajstić information content (AvgIpc) is 3.10. The first kappa shape index (κ1) is 18.2. The van der Waals surface area contributed by atoms with Crippen LogP contribution in [-0.2, 0) is 4.79 Å². The molecule has 5 nitrogen and oxygen atoms in total. The van der Waals surface area contributed by atoms with E-state index in [2.05, 4.69) is 26.6 Å². The Hall–Kier alpha value is -0.650. The first-order valence-electron chi connectivity index (χ1n) is 10.1. The van der Waals surface area contributed by atoms with E-state index in [9.17, 15) is 4.79 Å². The number of carbonyl (C=O) groups excluding carboxylic acids is 1. The van der Waals surface area contributed by atoms with E-state index in [1.165, 1.54) is 71.5 Å². The SMILES string of the molecule is CN1CCN(CC2CCCN(C(=O)CCCN3CCCC3)C2)CC1. The van der Waals surface area contributed by atoms with Crippen molar-refractivity contribution < 1.29 is 4.79 Å². The van der Waals surface area contributed by atoms with Crippen molar-refractivity contribution >= 4 is 5.91 Å². The van der Waals surface area contributed by atoms with Gasteiger partial charge in [0.25, 0.3) is 0 Å². The Balaban J connectivity index is 1.35. The summed E-state index contributed by atoms with van der Waals surface area (Å²) < 4.78 is 0. The Morgan fingerprint density at radius 1 is 0.917 bits per heavy atom. The number of hydrogen-bond acceptors (Lipinski definition) is 4. The summed E-state index contributed by atoms with van der Waals surface area (Å²) in [4.78, 5) is 22.2. The number of likely N-dealkylation sites (N-methyl/N-ethyl adjacent to an activating group) is 1. The van der Waals surface area contributed by atoms with E-state index < -0.39 is 0 Å². The summed E-state index contributed by atoms with van der Waals surface area (Å²) in [6.45, 7) is 11.5. The molecule has 0 aromatic heterocycles. The van der Waals surface area contributed by atoms with Crippen LogP contribution < -0.4 is 0 Å². The summed E-state index contributed by atoms with van der Waals surface area (Å²) >= 11 is 0. The van der Waals surface area contributed by atoms with Gasteiger partial charge in [-0.05, 0) is 64.7 Å². The van der Waals surface area contributed by atoms with Crippen molar-refractivity contribution in [2.45, 2.75) is 38.5 Å². The maximum absolute atomic E-state index is 12.5. The van der Waals surface area contributed by atoms with Crippen molar-refractivity contribution in [3.8, 4) is 0 Å². The lowest BCUT2D eigenvalue weighted by Crippen LogP contribution is -2.49. The molecule has 0 aromatic rings. The monoisotopic (exact) mass is 336 g/mol. The third-order valence-electron chi connectivity index (χ3n) is 6.05. The lowest BCUT2D eigenvalue weighted by atomic mass is 9.96. The molecule has 0 N–H and O–H groups in total. The summed E-state index contributed by atoms with van der Waals surface area (Å²) in [5.41, 5.74) is 0. The number of hydrogen-bond donors (Lipinski definition) is 0. The van der Waals surface area contributed by atoms with Gasteiger partial charge in [0, 0.05) is 52.2 Å². The summed E-state index contributed by atoms with van der Waals surface area (Å²) in [6.07, 6.45) is 6.96. The van der Waals surface area contributed by atoms with Gasteiger partial charge < -0.3 is 19.6 Å². The molecule has 3 fully saturated rings. The zero-order valence-corrected chi connectivity index (χ0v) is 15.6. The van der Waals surface area contributed by atoms with Crippen molar-refractivity contribution in [2.24, 2.45) is 5.92 Å². The van der Waals surface area contributed by atoms with Gasteiger partial charge in [0.05, 0.1) is 0 Å². The molecule has 24 heavy (non-hydrogen) atoms. The molecule has 0 saturated carbocycles. The minimum absolute atomic E-state index is 0.400. The van der Waals surface area contributed by atoms with Crippen LogP contribution in [0.15, 0.2) is 0 Å². The van der Waals surface area contributed by atoms with Crippen LogP contribution in [0.2, 0.25) is 0 Å². The van der Waals surface area contributed by atoms with Gasteiger partial charge in [-0.25, -0.2) is 0 Å². The van der Waals surface area contributed by atoms with Gasteiger partial charge in [0.2, 0.25) is 5.91 Å². The van der Waals surface area contributed by atoms with Crippen molar-refractivity contribution in [3.05, 3.63) is 0 Å². The topological polar surface area (TPSA) is 30.0 Å². The summed E-state index contributed by atoms with van der Waals surface area (Å²) in [7, 11) is 2.21. The Morgan fingerprint density at radius 3 is 2.42 bits per heavy atom. The lowest BCUT2D eigenvalue weighted by molar-refractivity contribution is -0.133.